The second kappa shape index (κ2) is 16.8. The average Bonchev–Trinajstić information content (AvgIpc) is 3.06. The SMILES string of the molecule is CCCOP1(Oc2ccccc2OC)=N[P+](OCCC)(Oc2ccccc2OC)N[P+](OCCC)(Oc2ccccc2OC)N1. The van der Waals surface area contributed by atoms with E-state index in [2.05, 4.69) is 9.72 Å². The molecule has 3 atom stereocenters. The molecule has 0 fully saturated rings. The van der Waals surface area contributed by atoms with Crippen LogP contribution >= 0.6 is 23.7 Å². The van der Waals surface area contributed by atoms with E-state index in [1.165, 1.54) is 0 Å². The molecule has 12 nitrogen and oxygen atoms in total. The number of ether oxygens (including phenoxy) is 3. The number of methoxy groups -OCH3 is 3. The summed E-state index contributed by atoms with van der Waals surface area (Å²) in [5, 5.41) is 0. The third-order valence-corrected chi connectivity index (χ3v) is 15.0. The molecule has 0 saturated carbocycles. The van der Waals surface area contributed by atoms with E-state index in [4.69, 9.17) is 45.9 Å². The summed E-state index contributed by atoms with van der Waals surface area (Å²) >= 11 is 0. The van der Waals surface area contributed by atoms with E-state index in [0.29, 0.717) is 73.6 Å². The number of nitrogens with one attached hydrogen (secondary N) is 2. The average molecular weight is 684 g/mol. The first-order valence-corrected chi connectivity index (χ1v) is 19.6. The standard InChI is InChI=1S/C30H44N3O9P3/c1-7-22-37-43(40-28-19-13-10-16-25(28)34-4)31-44(38-23-8-2,41-29-20-14-11-17-26(29)35-5)33-45(32-43,39-24-9-3)42-30-21-15-12-18-27(30)36-6/h10-21,31-32H,7-9,22-24H2,1-6H3/q+2. The van der Waals surface area contributed by atoms with Crippen LogP contribution in [0.15, 0.2) is 77.3 Å². The zero-order valence-electron chi connectivity index (χ0n) is 26.6. The van der Waals surface area contributed by atoms with Crippen LogP contribution in [0.25, 0.3) is 0 Å². The molecule has 3 aromatic rings. The number of hydrogen-bond acceptors (Lipinski definition) is 12. The van der Waals surface area contributed by atoms with Crippen molar-refractivity contribution >= 4 is 23.7 Å². The molecular formula is C30H44N3O9P3+2. The molecule has 2 N–H and O–H groups in total. The van der Waals surface area contributed by atoms with Gasteiger partial charge in [-0.3, -0.25) is 13.6 Å². The number of benzene rings is 3. The lowest BCUT2D eigenvalue weighted by molar-refractivity contribution is 0.253. The van der Waals surface area contributed by atoms with Crippen LogP contribution in [0, 0.1) is 0 Å². The number of rotatable bonds is 18. The Bertz CT molecular complexity index is 1440. The number of para-hydroxylation sites is 6. The first-order valence-electron chi connectivity index (χ1n) is 14.8. The van der Waals surface area contributed by atoms with Crippen molar-refractivity contribution in [3.8, 4) is 34.5 Å². The highest BCUT2D eigenvalue weighted by Crippen LogP contribution is 2.81. The maximum atomic E-state index is 6.78. The maximum Gasteiger partial charge on any atom is 0.571 e. The fourth-order valence-electron chi connectivity index (χ4n) is 4.05. The topological polar surface area (TPSA) is 119 Å². The van der Waals surface area contributed by atoms with Gasteiger partial charge in [0.25, 0.3) is 0 Å². The lowest BCUT2D eigenvalue weighted by Crippen LogP contribution is -2.39. The molecule has 0 radical (unpaired) electrons. The molecular weight excluding hydrogens is 639 g/mol. The van der Waals surface area contributed by atoms with Crippen molar-refractivity contribution < 1.29 is 41.4 Å². The minimum atomic E-state index is -3.56. The van der Waals surface area contributed by atoms with Crippen molar-refractivity contribution in [1.82, 2.24) is 9.72 Å². The van der Waals surface area contributed by atoms with Crippen LogP contribution in [-0.4, -0.2) is 41.2 Å². The summed E-state index contributed by atoms with van der Waals surface area (Å²) in [6.45, 7) is 6.97. The zero-order chi connectivity index (χ0) is 32.2. The molecule has 0 amide bonds. The summed E-state index contributed by atoms with van der Waals surface area (Å²) < 4.78 is 62.1. The van der Waals surface area contributed by atoms with Gasteiger partial charge < -0.3 is 18.7 Å². The third kappa shape index (κ3) is 9.00. The Morgan fingerprint density at radius 1 is 0.600 bits per heavy atom. The lowest BCUT2D eigenvalue weighted by atomic mass is 10.3. The molecule has 0 saturated heterocycles. The van der Waals surface area contributed by atoms with E-state index in [9.17, 15) is 0 Å². The first kappa shape index (κ1) is 35.2. The van der Waals surface area contributed by atoms with E-state index in [1.54, 1.807) is 51.7 Å². The van der Waals surface area contributed by atoms with Crippen molar-refractivity contribution in [3.05, 3.63) is 72.8 Å². The minimum Gasteiger partial charge on any atom is -0.493 e. The van der Waals surface area contributed by atoms with Crippen LogP contribution in [0.1, 0.15) is 40.0 Å². The fraction of sp³-hybridized carbons (Fsp3) is 0.400. The molecule has 246 valence electrons. The highest BCUT2D eigenvalue weighted by molar-refractivity contribution is 7.88. The molecule has 1 aliphatic rings. The van der Waals surface area contributed by atoms with E-state index in [-0.39, 0.29) is 0 Å². The minimum absolute atomic E-state index is 0.310. The van der Waals surface area contributed by atoms with E-state index >= 15 is 0 Å². The van der Waals surface area contributed by atoms with Crippen molar-refractivity contribution in [3.63, 3.8) is 0 Å². The van der Waals surface area contributed by atoms with Crippen LogP contribution in [0.3, 0.4) is 0 Å². The molecule has 0 spiro atoms. The Morgan fingerprint density at radius 2 is 1.07 bits per heavy atom. The number of hydrogen-bond donors (Lipinski definition) is 2. The van der Waals surface area contributed by atoms with Gasteiger partial charge in [0.05, 0.1) is 46.0 Å². The Kier molecular flexibility index (Phi) is 13.1. The van der Waals surface area contributed by atoms with Crippen molar-refractivity contribution in [1.29, 1.82) is 0 Å². The van der Waals surface area contributed by atoms with Crippen molar-refractivity contribution in [2.75, 3.05) is 41.2 Å². The van der Waals surface area contributed by atoms with Crippen molar-refractivity contribution in [2.45, 2.75) is 40.0 Å². The monoisotopic (exact) mass is 683 g/mol. The fourth-order valence-corrected chi connectivity index (χ4v) is 14.6. The first-order chi connectivity index (χ1) is 21.9. The molecule has 0 aliphatic carbocycles. The Morgan fingerprint density at radius 3 is 1.60 bits per heavy atom. The predicted molar refractivity (Wildman–Crippen MR) is 179 cm³/mol. The molecule has 1 aliphatic heterocycles. The van der Waals surface area contributed by atoms with Gasteiger partial charge >= 0.3 is 23.7 Å². The summed E-state index contributed by atoms with van der Waals surface area (Å²) in [6.07, 6.45) is 2.07. The Balaban J connectivity index is 1.99. The zero-order valence-corrected chi connectivity index (χ0v) is 29.3. The molecule has 0 aromatic heterocycles. The summed E-state index contributed by atoms with van der Waals surface area (Å²) in [7, 11) is -5.87. The summed E-state index contributed by atoms with van der Waals surface area (Å²) in [5.74, 6) is 2.78. The van der Waals surface area contributed by atoms with E-state index in [1.807, 2.05) is 63.2 Å². The van der Waals surface area contributed by atoms with Gasteiger partial charge in [0.1, 0.15) is 0 Å². The largest absolute Gasteiger partial charge is 0.571 e. The summed E-state index contributed by atoms with van der Waals surface area (Å²) in [5.41, 5.74) is 0. The van der Waals surface area contributed by atoms with Gasteiger partial charge in [-0.05, 0) is 60.5 Å². The Hall–Kier alpha value is -2.65. The molecule has 1 heterocycles. The maximum absolute atomic E-state index is 6.78. The highest BCUT2D eigenvalue weighted by Gasteiger charge is 2.72. The molecule has 15 heteroatoms. The van der Waals surface area contributed by atoms with Gasteiger partial charge in [-0.1, -0.05) is 57.2 Å². The quantitative estimate of drug-likeness (QED) is 0.125. The van der Waals surface area contributed by atoms with Crippen LogP contribution < -0.4 is 37.5 Å². The molecule has 45 heavy (non-hydrogen) atoms. The van der Waals surface area contributed by atoms with Crippen LogP contribution in [0.5, 0.6) is 34.5 Å². The lowest BCUT2D eigenvalue weighted by Gasteiger charge is -2.34. The normalized spacial score (nSPS) is 22.6. The predicted octanol–water partition coefficient (Wildman–Crippen LogP) is 9.02. The van der Waals surface area contributed by atoms with Crippen molar-refractivity contribution in [2.24, 2.45) is 4.52 Å². The molecule has 3 aromatic carbocycles. The molecule has 0 bridgehead atoms. The summed E-state index contributed by atoms with van der Waals surface area (Å²) in [4.78, 5) is 6.95. The van der Waals surface area contributed by atoms with E-state index < -0.39 is 23.7 Å². The second-order valence-electron chi connectivity index (χ2n) is 9.61. The van der Waals surface area contributed by atoms with Gasteiger partial charge in [-0.2, -0.15) is 9.05 Å². The van der Waals surface area contributed by atoms with Gasteiger partial charge in [-0.15, -0.1) is 0 Å². The van der Waals surface area contributed by atoms with Crippen LogP contribution in [0.4, 0.5) is 0 Å². The van der Waals surface area contributed by atoms with E-state index in [0.717, 1.165) is 0 Å². The van der Waals surface area contributed by atoms with Gasteiger partial charge in [0, 0.05) is 4.52 Å². The van der Waals surface area contributed by atoms with Crippen LogP contribution in [0.2, 0.25) is 0 Å². The number of nitrogens with zero attached hydrogens (tertiary/aromatic N) is 1. The second-order valence-corrected chi connectivity index (χ2v) is 16.4. The summed E-state index contributed by atoms with van der Waals surface area (Å²) in [6, 6.07) is 21.9. The molecule has 3 unspecified atom stereocenters. The third-order valence-electron chi connectivity index (χ3n) is 6.05. The molecule has 4 rings (SSSR count). The Labute approximate surface area is 267 Å². The van der Waals surface area contributed by atoms with Gasteiger partial charge in [0.15, 0.2) is 23.0 Å². The van der Waals surface area contributed by atoms with Gasteiger partial charge in [-0.25, -0.2) is 0 Å². The van der Waals surface area contributed by atoms with Crippen LogP contribution in [-0.2, 0) is 13.6 Å². The smallest absolute Gasteiger partial charge is 0.493 e. The highest BCUT2D eigenvalue weighted by atomic mass is 31.3. The van der Waals surface area contributed by atoms with Gasteiger partial charge in [0.2, 0.25) is 11.5 Å².